The van der Waals surface area contributed by atoms with Gasteiger partial charge in [-0.25, -0.2) is 0 Å². The molecular formula is C17H23N5O2. The number of anilines is 1. The van der Waals surface area contributed by atoms with Gasteiger partial charge in [-0.2, -0.15) is 5.10 Å². The maximum absolute atomic E-state index is 12.5. The van der Waals surface area contributed by atoms with Crippen molar-refractivity contribution in [2.75, 3.05) is 38.6 Å². The number of carbonyl (C=O) groups excluding carboxylic acids is 2. The largest absolute Gasteiger partial charge is 0.351 e. The summed E-state index contributed by atoms with van der Waals surface area (Å²) in [6, 6.07) is 4.29. The Hall–Kier alpha value is -2.18. The zero-order valence-corrected chi connectivity index (χ0v) is 14.2. The van der Waals surface area contributed by atoms with Gasteiger partial charge in [-0.15, -0.1) is 5.10 Å². The van der Waals surface area contributed by atoms with E-state index in [0.717, 1.165) is 24.6 Å². The fourth-order valence-electron chi connectivity index (χ4n) is 3.49. The third kappa shape index (κ3) is 2.72. The fraction of sp³-hybridized carbons (Fsp3) is 0.647. The maximum atomic E-state index is 12.5. The summed E-state index contributed by atoms with van der Waals surface area (Å²) in [4.78, 5) is 29.7. The van der Waals surface area contributed by atoms with E-state index in [1.807, 2.05) is 13.1 Å². The van der Waals surface area contributed by atoms with Crippen molar-refractivity contribution < 1.29 is 9.59 Å². The summed E-state index contributed by atoms with van der Waals surface area (Å²) in [6.07, 6.45) is 2.79. The molecule has 0 bridgehead atoms. The molecule has 1 unspecified atom stereocenters. The molecular weight excluding hydrogens is 306 g/mol. The Morgan fingerprint density at radius 3 is 2.50 bits per heavy atom. The number of carbonyl (C=O) groups is 2. The number of aromatic nitrogens is 2. The predicted octanol–water partition coefficient (Wildman–Crippen LogP) is 0.479. The van der Waals surface area contributed by atoms with Crippen LogP contribution in [0.15, 0.2) is 12.1 Å². The van der Waals surface area contributed by atoms with Crippen LogP contribution in [0.25, 0.3) is 0 Å². The Morgan fingerprint density at radius 1 is 1.21 bits per heavy atom. The zero-order valence-electron chi connectivity index (χ0n) is 14.2. The van der Waals surface area contributed by atoms with Crippen LogP contribution in [0.5, 0.6) is 0 Å². The van der Waals surface area contributed by atoms with Crippen LogP contribution >= 0.6 is 0 Å². The Labute approximate surface area is 141 Å². The van der Waals surface area contributed by atoms with Gasteiger partial charge < -0.3 is 14.7 Å². The van der Waals surface area contributed by atoms with Gasteiger partial charge in [0.25, 0.3) is 0 Å². The van der Waals surface area contributed by atoms with E-state index in [-0.39, 0.29) is 23.8 Å². The molecule has 3 heterocycles. The number of likely N-dealkylation sites (tertiary alicyclic amines) is 1. The molecule has 0 aromatic carbocycles. The second kappa shape index (κ2) is 5.72. The molecule has 1 aromatic heterocycles. The molecule has 1 atom stereocenters. The Balaban J connectivity index is 1.31. The summed E-state index contributed by atoms with van der Waals surface area (Å²) in [5, 5.41) is 8.63. The van der Waals surface area contributed by atoms with Gasteiger partial charge in [-0.1, -0.05) is 0 Å². The molecule has 4 rings (SSSR count). The highest BCUT2D eigenvalue weighted by molar-refractivity contribution is 5.89. The molecule has 0 radical (unpaired) electrons. The normalized spacial score (nSPS) is 24.2. The van der Waals surface area contributed by atoms with Gasteiger partial charge in [0, 0.05) is 46.1 Å². The van der Waals surface area contributed by atoms with E-state index in [4.69, 9.17) is 0 Å². The van der Waals surface area contributed by atoms with E-state index in [1.54, 1.807) is 16.8 Å². The van der Waals surface area contributed by atoms with Crippen LogP contribution in [0.2, 0.25) is 0 Å². The van der Waals surface area contributed by atoms with E-state index in [0.29, 0.717) is 18.9 Å². The molecule has 7 heteroatoms. The first kappa shape index (κ1) is 15.4. The van der Waals surface area contributed by atoms with Crippen LogP contribution in [0.4, 0.5) is 5.82 Å². The molecule has 2 saturated heterocycles. The average Bonchev–Trinajstić information content (AvgIpc) is 3.32. The molecule has 7 nitrogen and oxygen atoms in total. The van der Waals surface area contributed by atoms with Gasteiger partial charge >= 0.3 is 0 Å². The van der Waals surface area contributed by atoms with Gasteiger partial charge in [0.05, 0.1) is 17.7 Å². The highest BCUT2D eigenvalue weighted by Crippen LogP contribution is 2.38. The second-order valence-electron chi connectivity index (χ2n) is 7.27. The van der Waals surface area contributed by atoms with Crippen LogP contribution in [0, 0.1) is 5.92 Å². The summed E-state index contributed by atoms with van der Waals surface area (Å²) in [7, 11) is 3.60. The van der Waals surface area contributed by atoms with Crippen molar-refractivity contribution in [1.29, 1.82) is 0 Å². The minimum absolute atomic E-state index is 0.0583. The average molecular weight is 329 g/mol. The van der Waals surface area contributed by atoms with E-state index >= 15 is 0 Å². The number of rotatable bonds is 4. The Morgan fingerprint density at radius 2 is 1.96 bits per heavy atom. The molecule has 1 saturated carbocycles. The Bertz CT molecular complexity index is 651. The molecule has 0 spiro atoms. The summed E-state index contributed by atoms with van der Waals surface area (Å²) in [5.41, 5.74) is 1.10. The molecule has 3 fully saturated rings. The molecule has 128 valence electrons. The second-order valence-corrected chi connectivity index (χ2v) is 7.27. The predicted molar refractivity (Wildman–Crippen MR) is 88.5 cm³/mol. The summed E-state index contributed by atoms with van der Waals surface area (Å²) >= 11 is 0. The highest BCUT2D eigenvalue weighted by Gasteiger charge is 2.39. The standard InChI is InChI=1S/C17H23N5O2/c1-20-8-12(7-16(20)23)17(24)21(2)13-9-22(10-13)15-6-5-14(18-19-15)11-3-4-11/h5-6,11-13H,3-4,7-10H2,1-2H3. The van der Waals surface area contributed by atoms with Crippen LogP contribution in [-0.2, 0) is 9.59 Å². The highest BCUT2D eigenvalue weighted by atomic mass is 16.2. The monoisotopic (exact) mass is 329 g/mol. The van der Waals surface area contributed by atoms with E-state index in [2.05, 4.69) is 21.2 Å². The first-order chi connectivity index (χ1) is 11.5. The van der Waals surface area contributed by atoms with E-state index in [1.165, 1.54) is 12.8 Å². The van der Waals surface area contributed by atoms with Crippen LogP contribution < -0.4 is 4.90 Å². The van der Waals surface area contributed by atoms with Gasteiger partial charge in [-0.05, 0) is 25.0 Å². The molecule has 1 aromatic rings. The first-order valence-electron chi connectivity index (χ1n) is 8.62. The minimum Gasteiger partial charge on any atom is -0.351 e. The quantitative estimate of drug-likeness (QED) is 0.804. The van der Waals surface area contributed by atoms with Crippen molar-refractivity contribution >= 4 is 17.6 Å². The summed E-state index contributed by atoms with van der Waals surface area (Å²) in [5.74, 6) is 1.44. The molecule has 0 N–H and O–H groups in total. The third-order valence-electron chi connectivity index (χ3n) is 5.44. The van der Waals surface area contributed by atoms with E-state index in [9.17, 15) is 9.59 Å². The van der Waals surface area contributed by atoms with E-state index < -0.39 is 0 Å². The van der Waals surface area contributed by atoms with Crippen molar-refractivity contribution in [3.8, 4) is 0 Å². The smallest absolute Gasteiger partial charge is 0.228 e. The zero-order chi connectivity index (χ0) is 16.8. The van der Waals surface area contributed by atoms with Crippen LogP contribution in [0.1, 0.15) is 30.9 Å². The Kier molecular flexibility index (Phi) is 3.66. The van der Waals surface area contributed by atoms with Gasteiger partial charge in [0.15, 0.2) is 5.82 Å². The van der Waals surface area contributed by atoms with Crippen LogP contribution in [0.3, 0.4) is 0 Å². The number of likely N-dealkylation sites (N-methyl/N-ethyl adjacent to an activating group) is 1. The molecule has 1 aliphatic carbocycles. The molecule has 2 aliphatic heterocycles. The number of nitrogens with zero attached hydrogens (tertiary/aromatic N) is 5. The van der Waals surface area contributed by atoms with Gasteiger partial charge in [0.2, 0.25) is 11.8 Å². The fourth-order valence-corrected chi connectivity index (χ4v) is 3.49. The molecule has 2 amide bonds. The summed E-state index contributed by atoms with van der Waals surface area (Å²) in [6.45, 7) is 2.08. The van der Waals surface area contributed by atoms with Gasteiger partial charge in [0.1, 0.15) is 0 Å². The number of amides is 2. The third-order valence-corrected chi connectivity index (χ3v) is 5.44. The van der Waals surface area contributed by atoms with Crippen molar-refractivity contribution in [2.45, 2.75) is 31.2 Å². The van der Waals surface area contributed by atoms with Crippen molar-refractivity contribution in [1.82, 2.24) is 20.0 Å². The van der Waals surface area contributed by atoms with Crippen molar-refractivity contribution in [3.05, 3.63) is 17.8 Å². The first-order valence-corrected chi connectivity index (χ1v) is 8.62. The van der Waals surface area contributed by atoms with Crippen molar-refractivity contribution in [2.24, 2.45) is 5.92 Å². The maximum Gasteiger partial charge on any atom is 0.228 e. The lowest BCUT2D eigenvalue weighted by Gasteiger charge is -2.45. The lowest BCUT2D eigenvalue weighted by atomic mass is 10.0. The topological polar surface area (TPSA) is 69.6 Å². The van der Waals surface area contributed by atoms with Gasteiger partial charge in [-0.3, -0.25) is 9.59 Å². The number of hydrogen-bond donors (Lipinski definition) is 0. The van der Waals surface area contributed by atoms with Crippen molar-refractivity contribution in [3.63, 3.8) is 0 Å². The number of hydrogen-bond acceptors (Lipinski definition) is 5. The SMILES string of the molecule is CN1CC(C(=O)N(C)C2CN(c3ccc(C4CC4)nn3)C2)CC1=O. The summed E-state index contributed by atoms with van der Waals surface area (Å²) < 4.78 is 0. The lowest BCUT2D eigenvalue weighted by molar-refractivity contribution is -0.137. The lowest BCUT2D eigenvalue weighted by Crippen LogP contribution is -2.61. The molecule has 3 aliphatic rings. The minimum atomic E-state index is -0.195. The van der Waals surface area contributed by atoms with Crippen LogP contribution in [-0.4, -0.2) is 71.6 Å². The molecule has 24 heavy (non-hydrogen) atoms.